The largest absolute Gasteiger partial charge is 0.300 e. The van der Waals surface area contributed by atoms with Crippen molar-refractivity contribution in [3.05, 3.63) is 12.2 Å². The predicted molar refractivity (Wildman–Crippen MR) is 125 cm³/mol. The molecule has 2 spiro atoms. The summed E-state index contributed by atoms with van der Waals surface area (Å²) >= 11 is 0. The third-order valence-electron chi connectivity index (χ3n) is 12.6. The molecule has 0 aromatic rings. The Hall–Kier alpha value is -0.590. The molecule has 5 aliphatic carbocycles. The minimum absolute atomic E-state index is 0.524. The molecule has 0 N–H and O–H groups in total. The van der Waals surface area contributed by atoms with Gasteiger partial charge < -0.3 is 0 Å². The summed E-state index contributed by atoms with van der Waals surface area (Å²) in [5.41, 5.74) is 3.61. The smallest absolute Gasteiger partial charge is 0.133 e. The van der Waals surface area contributed by atoms with E-state index in [1.807, 2.05) is 0 Å². The van der Waals surface area contributed by atoms with Gasteiger partial charge in [-0.25, -0.2) is 0 Å². The number of hydrogen-bond donors (Lipinski definition) is 0. The van der Waals surface area contributed by atoms with Gasteiger partial charge in [0, 0.05) is 12.8 Å². The summed E-state index contributed by atoms with van der Waals surface area (Å²) in [5, 5.41) is 0. The molecule has 5 fully saturated rings. The van der Waals surface area contributed by atoms with Crippen LogP contribution in [-0.2, 0) is 4.79 Å². The molecule has 0 saturated heterocycles. The summed E-state index contributed by atoms with van der Waals surface area (Å²) in [5.74, 6) is 4.64. The van der Waals surface area contributed by atoms with Crippen LogP contribution < -0.4 is 0 Å². The van der Waals surface area contributed by atoms with Crippen LogP contribution in [0.15, 0.2) is 12.2 Å². The van der Waals surface area contributed by atoms with Gasteiger partial charge in [0.1, 0.15) is 5.78 Å². The van der Waals surface area contributed by atoms with Crippen LogP contribution in [0.25, 0.3) is 0 Å². The minimum atomic E-state index is 0.524. The van der Waals surface area contributed by atoms with Crippen LogP contribution >= 0.6 is 0 Å². The topological polar surface area (TPSA) is 17.1 Å². The van der Waals surface area contributed by atoms with E-state index in [0.717, 1.165) is 36.5 Å². The highest BCUT2D eigenvalue weighted by Gasteiger charge is 2.80. The number of carbonyl (C=O) groups excluding carboxylic acids is 1. The molecular formula is C29H46O. The lowest BCUT2D eigenvalue weighted by Gasteiger charge is -2.61. The number of hydrogen-bond acceptors (Lipinski definition) is 1. The number of allylic oxidation sites excluding steroid dienone is 1. The van der Waals surface area contributed by atoms with Crippen LogP contribution in [0, 0.1) is 51.2 Å². The van der Waals surface area contributed by atoms with Crippen LogP contribution in [0.4, 0.5) is 0 Å². The summed E-state index contributed by atoms with van der Waals surface area (Å²) < 4.78 is 0. The fourth-order valence-electron chi connectivity index (χ4n) is 10.4. The first kappa shape index (κ1) is 21.3. The lowest BCUT2D eigenvalue weighted by atomic mass is 9.43. The maximum Gasteiger partial charge on any atom is 0.133 e. The van der Waals surface area contributed by atoms with Crippen molar-refractivity contribution >= 4 is 5.78 Å². The van der Waals surface area contributed by atoms with Gasteiger partial charge in [0.25, 0.3) is 0 Å². The first-order valence-electron chi connectivity index (χ1n) is 13.3. The maximum absolute atomic E-state index is 12.2. The van der Waals surface area contributed by atoms with Crippen LogP contribution in [0.5, 0.6) is 0 Å². The zero-order chi connectivity index (χ0) is 21.5. The van der Waals surface area contributed by atoms with Crippen molar-refractivity contribution in [2.24, 2.45) is 51.2 Å². The molecular weight excluding hydrogens is 364 g/mol. The summed E-state index contributed by atoms with van der Waals surface area (Å²) in [6.07, 6.45) is 15.8. The standard InChI is InChI=1S/C29H46O/c1-19(2)20(3)7-8-21(4)24-12-13-27(6)25-10-9-22-17-23(30)11-14-28(22)18-29(25,28)16-15-26(24,27)5/h20-22,24-25H,1,7-18H2,2-6H3/t20-,21+,22-,24+,25-,26+,27-,28+,29-/m0/s1. The highest BCUT2D eigenvalue weighted by atomic mass is 16.1. The molecule has 30 heavy (non-hydrogen) atoms. The van der Waals surface area contributed by atoms with Crippen molar-refractivity contribution < 1.29 is 4.79 Å². The zero-order valence-electron chi connectivity index (χ0n) is 20.5. The van der Waals surface area contributed by atoms with Gasteiger partial charge in [0.2, 0.25) is 0 Å². The van der Waals surface area contributed by atoms with Gasteiger partial charge in [-0.1, -0.05) is 39.8 Å². The zero-order valence-corrected chi connectivity index (χ0v) is 20.5. The highest BCUT2D eigenvalue weighted by Crippen LogP contribution is 2.87. The number of fused-ring (bicyclic) bond motifs is 2. The molecule has 0 heterocycles. The molecule has 1 heteroatoms. The van der Waals surface area contributed by atoms with E-state index in [2.05, 4.69) is 41.2 Å². The molecule has 0 aromatic carbocycles. The van der Waals surface area contributed by atoms with E-state index in [9.17, 15) is 4.79 Å². The number of Topliss-reactive ketones (excluding diaryl/α,β-unsaturated/α-hetero) is 1. The normalized spacial score (nSPS) is 51.2. The fourth-order valence-corrected chi connectivity index (χ4v) is 10.4. The summed E-state index contributed by atoms with van der Waals surface area (Å²) in [7, 11) is 0. The molecule has 0 unspecified atom stereocenters. The molecule has 5 aliphatic rings. The van der Waals surface area contributed by atoms with Gasteiger partial charge in [-0.2, -0.15) is 0 Å². The Kier molecular flexibility index (Phi) is 4.75. The van der Waals surface area contributed by atoms with Crippen LogP contribution in [0.3, 0.4) is 0 Å². The molecule has 168 valence electrons. The van der Waals surface area contributed by atoms with E-state index in [4.69, 9.17) is 0 Å². The number of rotatable bonds is 5. The lowest BCUT2D eigenvalue weighted by Crippen LogP contribution is -2.54. The van der Waals surface area contributed by atoms with Crippen molar-refractivity contribution in [3.63, 3.8) is 0 Å². The van der Waals surface area contributed by atoms with E-state index in [1.165, 1.54) is 69.8 Å². The summed E-state index contributed by atoms with van der Waals surface area (Å²) in [6, 6.07) is 0. The van der Waals surface area contributed by atoms with Crippen LogP contribution in [-0.4, -0.2) is 5.78 Å². The molecule has 5 saturated carbocycles. The first-order valence-corrected chi connectivity index (χ1v) is 13.3. The number of ketones is 1. The average molecular weight is 411 g/mol. The van der Waals surface area contributed by atoms with Gasteiger partial charge in [0.15, 0.2) is 0 Å². The van der Waals surface area contributed by atoms with Gasteiger partial charge in [-0.15, -0.1) is 0 Å². The Bertz CT molecular complexity index is 751. The van der Waals surface area contributed by atoms with Gasteiger partial charge in [0.05, 0.1) is 0 Å². The van der Waals surface area contributed by atoms with E-state index in [1.54, 1.807) is 0 Å². The van der Waals surface area contributed by atoms with Gasteiger partial charge in [-0.05, 0) is 122 Å². The lowest BCUT2D eigenvalue weighted by molar-refractivity contribution is -0.139. The third kappa shape index (κ3) is 2.56. The number of carbonyl (C=O) groups is 1. The molecule has 5 rings (SSSR count). The van der Waals surface area contributed by atoms with Crippen molar-refractivity contribution in [1.29, 1.82) is 0 Å². The highest BCUT2D eigenvalue weighted by molar-refractivity contribution is 5.80. The molecule has 0 bridgehead atoms. The van der Waals surface area contributed by atoms with Crippen molar-refractivity contribution in [2.75, 3.05) is 0 Å². The molecule has 0 aromatic heterocycles. The Morgan fingerprint density at radius 1 is 1.00 bits per heavy atom. The van der Waals surface area contributed by atoms with Crippen LogP contribution in [0.2, 0.25) is 0 Å². The molecule has 9 atom stereocenters. The van der Waals surface area contributed by atoms with Crippen LogP contribution in [0.1, 0.15) is 112 Å². The van der Waals surface area contributed by atoms with Gasteiger partial charge in [-0.3, -0.25) is 4.79 Å². The molecule has 0 amide bonds. The second-order valence-corrected chi connectivity index (χ2v) is 13.3. The average Bonchev–Trinajstić information content (AvgIpc) is 3.28. The SMILES string of the molecule is C=C(C)[C@@H](C)CC[C@@H](C)[C@H]1CC[C@@]2(C)[C@@H]3CC[C@H]4CC(=O)CC[C@@]45C[C@@]35CC[C@]12C. The quantitative estimate of drug-likeness (QED) is 0.420. The van der Waals surface area contributed by atoms with E-state index in [-0.39, 0.29) is 0 Å². The van der Waals surface area contributed by atoms with E-state index >= 15 is 0 Å². The van der Waals surface area contributed by atoms with Crippen molar-refractivity contribution in [1.82, 2.24) is 0 Å². The minimum Gasteiger partial charge on any atom is -0.300 e. The molecule has 0 aliphatic heterocycles. The van der Waals surface area contributed by atoms with Gasteiger partial charge >= 0.3 is 0 Å². The van der Waals surface area contributed by atoms with Crippen molar-refractivity contribution in [3.8, 4) is 0 Å². The van der Waals surface area contributed by atoms with E-state index in [0.29, 0.717) is 33.4 Å². The Morgan fingerprint density at radius 2 is 1.77 bits per heavy atom. The summed E-state index contributed by atoms with van der Waals surface area (Å²) in [4.78, 5) is 12.2. The molecule has 1 nitrogen and oxygen atoms in total. The maximum atomic E-state index is 12.2. The Balaban J connectivity index is 1.37. The van der Waals surface area contributed by atoms with Crippen molar-refractivity contribution in [2.45, 2.75) is 112 Å². The summed E-state index contributed by atoms with van der Waals surface area (Å²) in [6.45, 7) is 16.8. The van der Waals surface area contributed by atoms with E-state index < -0.39 is 0 Å². The Labute approximate surface area is 185 Å². The second-order valence-electron chi connectivity index (χ2n) is 13.3. The second kappa shape index (κ2) is 6.71. The molecule has 0 radical (unpaired) electrons. The Morgan fingerprint density at radius 3 is 2.50 bits per heavy atom. The monoisotopic (exact) mass is 410 g/mol. The first-order chi connectivity index (χ1) is 14.1. The third-order valence-corrected chi connectivity index (χ3v) is 12.6. The predicted octanol–water partition coefficient (Wildman–Crippen LogP) is 7.99. The fraction of sp³-hybridized carbons (Fsp3) is 0.897.